The minimum Gasteiger partial charge on any atom is -0.353 e. The summed E-state index contributed by atoms with van der Waals surface area (Å²) >= 11 is 0. The summed E-state index contributed by atoms with van der Waals surface area (Å²) in [7, 11) is 0. The van der Waals surface area contributed by atoms with E-state index in [1.54, 1.807) is 18.6 Å². The van der Waals surface area contributed by atoms with Crippen molar-refractivity contribution in [2.75, 3.05) is 36.0 Å². The molecule has 0 N–H and O–H groups in total. The average molecular weight is 310 g/mol. The highest BCUT2D eigenvalue weighted by molar-refractivity contribution is 5.89. The number of benzene rings is 1. The number of piperazine rings is 1. The lowest BCUT2D eigenvalue weighted by atomic mass is 10.2. The highest BCUT2D eigenvalue weighted by atomic mass is 19.1. The topological polar surface area (TPSA) is 58.0 Å². The number of halogens is 1. The van der Waals surface area contributed by atoms with E-state index in [4.69, 9.17) is 0 Å². The molecule has 1 aromatic carbocycles. The van der Waals surface area contributed by atoms with Crippen molar-refractivity contribution < 1.29 is 4.39 Å². The van der Waals surface area contributed by atoms with Gasteiger partial charge in [0.15, 0.2) is 0 Å². The molecule has 0 saturated carbocycles. The summed E-state index contributed by atoms with van der Waals surface area (Å²) in [5, 5.41) is 0.879. The highest BCUT2D eigenvalue weighted by Crippen LogP contribution is 2.25. The van der Waals surface area contributed by atoms with E-state index in [1.165, 1.54) is 18.5 Å². The maximum Gasteiger partial charge on any atom is 0.140 e. The second-order valence-corrected chi connectivity index (χ2v) is 5.40. The van der Waals surface area contributed by atoms with E-state index in [2.05, 4.69) is 29.7 Å². The first kappa shape index (κ1) is 13.8. The van der Waals surface area contributed by atoms with Crippen molar-refractivity contribution >= 4 is 22.5 Å². The van der Waals surface area contributed by atoms with Crippen LogP contribution < -0.4 is 9.80 Å². The third-order valence-electron chi connectivity index (χ3n) is 4.05. The largest absolute Gasteiger partial charge is 0.353 e. The fourth-order valence-electron chi connectivity index (χ4n) is 2.89. The molecule has 1 aliphatic heterocycles. The van der Waals surface area contributed by atoms with Gasteiger partial charge in [-0.25, -0.2) is 24.3 Å². The van der Waals surface area contributed by atoms with Gasteiger partial charge in [0.1, 0.15) is 30.1 Å². The number of hydrogen-bond acceptors (Lipinski definition) is 6. The summed E-state index contributed by atoms with van der Waals surface area (Å²) in [5.74, 6) is 1.52. The Morgan fingerprint density at radius 3 is 2.48 bits per heavy atom. The Morgan fingerprint density at radius 2 is 1.70 bits per heavy atom. The van der Waals surface area contributed by atoms with Gasteiger partial charge in [-0.05, 0) is 18.2 Å². The molecule has 3 aromatic rings. The normalized spacial score (nSPS) is 15.2. The Hall–Kier alpha value is -2.83. The van der Waals surface area contributed by atoms with E-state index in [-0.39, 0.29) is 5.82 Å². The van der Waals surface area contributed by atoms with Crippen LogP contribution in [0.25, 0.3) is 10.9 Å². The predicted octanol–water partition coefficient (Wildman–Crippen LogP) is 1.89. The molecular formula is C16H15FN6. The molecule has 0 aliphatic carbocycles. The summed E-state index contributed by atoms with van der Waals surface area (Å²) in [6.45, 7) is 3.36. The second-order valence-electron chi connectivity index (χ2n) is 5.40. The van der Waals surface area contributed by atoms with Crippen molar-refractivity contribution in [2.24, 2.45) is 0 Å². The number of nitrogens with zero attached hydrogens (tertiary/aromatic N) is 6. The van der Waals surface area contributed by atoms with E-state index in [0.29, 0.717) is 5.52 Å². The Labute approximate surface area is 132 Å². The van der Waals surface area contributed by atoms with Gasteiger partial charge < -0.3 is 9.80 Å². The molecule has 0 radical (unpaired) electrons. The number of anilines is 2. The molecule has 116 valence electrons. The molecule has 4 rings (SSSR count). The van der Waals surface area contributed by atoms with Crippen molar-refractivity contribution in [1.29, 1.82) is 0 Å². The molecule has 0 unspecified atom stereocenters. The van der Waals surface area contributed by atoms with E-state index < -0.39 is 0 Å². The summed E-state index contributed by atoms with van der Waals surface area (Å²) in [5.41, 5.74) is 0.633. The van der Waals surface area contributed by atoms with Crippen LogP contribution in [0, 0.1) is 5.82 Å². The third kappa shape index (κ3) is 2.65. The number of aromatic nitrogens is 4. The summed E-state index contributed by atoms with van der Waals surface area (Å²) in [4.78, 5) is 21.2. The van der Waals surface area contributed by atoms with E-state index in [0.717, 1.165) is 43.2 Å². The molecule has 7 heteroatoms. The van der Waals surface area contributed by atoms with Gasteiger partial charge in [0.25, 0.3) is 0 Å². The zero-order valence-corrected chi connectivity index (χ0v) is 12.4. The Morgan fingerprint density at radius 1 is 0.870 bits per heavy atom. The van der Waals surface area contributed by atoms with Crippen LogP contribution in [0.1, 0.15) is 0 Å². The highest BCUT2D eigenvalue weighted by Gasteiger charge is 2.20. The van der Waals surface area contributed by atoms with Gasteiger partial charge in [-0.3, -0.25) is 0 Å². The van der Waals surface area contributed by atoms with Gasteiger partial charge in [0.05, 0.1) is 5.52 Å². The standard InChI is InChI=1S/C16H15FN6/c17-12-1-2-13-14(9-12)19-11-21-16(13)23-7-5-22(6-8-23)15-3-4-18-10-20-15/h1-4,9-11H,5-8H2. The molecule has 6 nitrogen and oxygen atoms in total. The monoisotopic (exact) mass is 310 g/mol. The lowest BCUT2D eigenvalue weighted by Crippen LogP contribution is -2.47. The quantitative estimate of drug-likeness (QED) is 0.720. The van der Waals surface area contributed by atoms with E-state index in [9.17, 15) is 4.39 Å². The first-order chi connectivity index (χ1) is 11.3. The molecular weight excluding hydrogens is 295 g/mol. The SMILES string of the molecule is Fc1ccc2c(N3CCN(c4ccncn4)CC3)ncnc2c1. The summed E-state index contributed by atoms with van der Waals surface area (Å²) < 4.78 is 13.4. The fourth-order valence-corrected chi connectivity index (χ4v) is 2.89. The van der Waals surface area contributed by atoms with Crippen LogP contribution >= 0.6 is 0 Å². The van der Waals surface area contributed by atoms with E-state index in [1.807, 2.05) is 6.07 Å². The van der Waals surface area contributed by atoms with Gasteiger partial charge in [-0.1, -0.05) is 0 Å². The molecule has 1 fully saturated rings. The van der Waals surface area contributed by atoms with Crippen molar-refractivity contribution in [2.45, 2.75) is 0 Å². The smallest absolute Gasteiger partial charge is 0.140 e. The molecule has 0 amide bonds. The van der Waals surface area contributed by atoms with Crippen molar-refractivity contribution in [3.8, 4) is 0 Å². The van der Waals surface area contributed by atoms with E-state index >= 15 is 0 Å². The van der Waals surface area contributed by atoms with Crippen molar-refractivity contribution in [1.82, 2.24) is 19.9 Å². The van der Waals surface area contributed by atoms with Crippen LogP contribution in [0.4, 0.5) is 16.0 Å². The van der Waals surface area contributed by atoms with Crippen LogP contribution in [-0.2, 0) is 0 Å². The molecule has 0 bridgehead atoms. The Kier molecular flexibility index (Phi) is 3.45. The average Bonchev–Trinajstić information content (AvgIpc) is 2.62. The number of rotatable bonds is 2. The van der Waals surface area contributed by atoms with Gasteiger partial charge in [-0.15, -0.1) is 0 Å². The maximum absolute atomic E-state index is 13.4. The van der Waals surface area contributed by atoms with Gasteiger partial charge >= 0.3 is 0 Å². The molecule has 1 saturated heterocycles. The lowest BCUT2D eigenvalue weighted by Gasteiger charge is -2.36. The molecule has 3 heterocycles. The zero-order chi connectivity index (χ0) is 15.6. The molecule has 1 aliphatic rings. The Balaban J connectivity index is 1.57. The Bertz CT molecular complexity index is 817. The van der Waals surface area contributed by atoms with Gasteiger partial charge in [0, 0.05) is 43.8 Å². The molecule has 23 heavy (non-hydrogen) atoms. The minimum absolute atomic E-state index is 0.282. The molecule has 0 atom stereocenters. The summed E-state index contributed by atoms with van der Waals surface area (Å²) in [6.07, 6.45) is 4.81. The van der Waals surface area contributed by atoms with Crippen LogP contribution in [0.5, 0.6) is 0 Å². The first-order valence-electron chi connectivity index (χ1n) is 7.47. The third-order valence-corrected chi connectivity index (χ3v) is 4.05. The van der Waals surface area contributed by atoms with Crippen LogP contribution in [0.3, 0.4) is 0 Å². The van der Waals surface area contributed by atoms with Crippen LogP contribution in [0.2, 0.25) is 0 Å². The predicted molar refractivity (Wildman–Crippen MR) is 86.0 cm³/mol. The van der Waals surface area contributed by atoms with Crippen molar-refractivity contribution in [3.63, 3.8) is 0 Å². The fraction of sp³-hybridized carbons (Fsp3) is 0.250. The lowest BCUT2D eigenvalue weighted by molar-refractivity contribution is 0.628. The van der Waals surface area contributed by atoms with Gasteiger partial charge in [-0.2, -0.15) is 0 Å². The molecule has 0 spiro atoms. The van der Waals surface area contributed by atoms with Crippen LogP contribution in [0.15, 0.2) is 43.1 Å². The zero-order valence-electron chi connectivity index (χ0n) is 12.4. The minimum atomic E-state index is -0.282. The number of hydrogen-bond donors (Lipinski definition) is 0. The first-order valence-corrected chi connectivity index (χ1v) is 7.47. The summed E-state index contributed by atoms with van der Waals surface area (Å²) in [6, 6.07) is 6.55. The second kappa shape index (κ2) is 5.75. The molecule has 2 aromatic heterocycles. The van der Waals surface area contributed by atoms with Gasteiger partial charge in [0.2, 0.25) is 0 Å². The van der Waals surface area contributed by atoms with Crippen molar-refractivity contribution in [3.05, 3.63) is 48.9 Å². The van der Waals surface area contributed by atoms with Crippen LogP contribution in [-0.4, -0.2) is 46.1 Å². The maximum atomic E-state index is 13.4. The number of fused-ring (bicyclic) bond motifs is 1.